The lowest BCUT2D eigenvalue weighted by Crippen LogP contribution is -2.53. The SMILES string of the molecule is CCc1ccccc1N(CC(=O)N(Cc1cccc(OC)c1)[C@H](C)C(=O)NC1CCCCC1)S(=O)(=O)c1ccccc1. The molecule has 42 heavy (non-hydrogen) atoms. The van der Waals surface area contributed by atoms with E-state index < -0.39 is 28.5 Å². The van der Waals surface area contributed by atoms with E-state index in [0.29, 0.717) is 17.9 Å². The van der Waals surface area contributed by atoms with Gasteiger partial charge < -0.3 is 15.0 Å². The summed E-state index contributed by atoms with van der Waals surface area (Å²) in [7, 11) is -2.53. The van der Waals surface area contributed by atoms with E-state index in [1.807, 2.05) is 43.3 Å². The van der Waals surface area contributed by atoms with E-state index in [0.717, 1.165) is 43.2 Å². The molecule has 8 nitrogen and oxygen atoms in total. The smallest absolute Gasteiger partial charge is 0.264 e. The second-order valence-electron chi connectivity index (χ2n) is 10.7. The van der Waals surface area contributed by atoms with Crippen molar-refractivity contribution in [1.82, 2.24) is 10.2 Å². The third-order valence-electron chi connectivity index (χ3n) is 7.86. The van der Waals surface area contributed by atoms with E-state index in [1.165, 1.54) is 21.3 Å². The topological polar surface area (TPSA) is 96.0 Å². The quantitative estimate of drug-likeness (QED) is 0.308. The number of nitrogens with zero attached hydrogens (tertiary/aromatic N) is 2. The van der Waals surface area contributed by atoms with Crippen molar-refractivity contribution in [2.75, 3.05) is 18.0 Å². The number of methoxy groups -OCH3 is 1. The van der Waals surface area contributed by atoms with Gasteiger partial charge in [-0.15, -0.1) is 0 Å². The minimum Gasteiger partial charge on any atom is -0.497 e. The Hall–Kier alpha value is -3.85. The van der Waals surface area contributed by atoms with Crippen molar-refractivity contribution in [3.05, 3.63) is 90.0 Å². The highest BCUT2D eigenvalue weighted by molar-refractivity contribution is 7.92. The summed E-state index contributed by atoms with van der Waals surface area (Å²) in [6.07, 6.45) is 5.70. The molecule has 1 aliphatic rings. The minimum absolute atomic E-state index is 0.0776. The maximum atomic E-state index is 14.2. The van der Waals surface area contributed by atoms with Crippen molar-refractivity contribution in [3.63, 3.8) is 0 Å². The Kier molecular flexibility index (Phi) is 10.6. The fraction of sp³-hybridized carbons (Fsp3) is 0.394. The van der Waals surface area contributed by atoms with Gasteiger partial charge in [0.05, 0.1) is 17.7 Å². The Balaban J connectivity index is 1.70. The molecule has 4 rings (SSSR count). The first-order valence-electron chi connectivity index (χ1n) is 14.6. The van der Waals surface area contributed by atoms with E-state index in [2.05, 4.69) is 5.32 Å². The van der Waals surface area contributed by atoms with Gasteiger partial charge in [0.25, 0.3) is 10.0 Å². The lowest BCUT2D eigenvalue weighted by Gasteiger charge is -2.33. The molecule has 3 aromatic carbocycles. The van der Waals surface area contributed by atoms with Crippen LogP contribution in [0.4, 0.5) is 5.69 Å². The van der Waals surface area contributed by atoms with Gasteiger partial charge in [-0.3, -0.25) is 13.9 Å². The minimum atomic E-state index is -4.10. The lowest BCUT2D eigenvalue weighted by atomic mass is 9.95. The van der Waals surface area contributed by atoms with Gasteiger partial charge in [0.15, 0.2) is 0 Å². The molecule has 0 saturated heterocycles. The van der Waals surface area contributed by atoms with Crippen molar-refractivity contribution in [2.45, 2.75) is 75.9 Å². The highest BCUT2D eigenvalue weighted by atomic mass is 32.2. The summed E-state index contributed by atoms with van der Waals surface area (Å²) in [5.74, 6) is -0.0940. The van der Waals surface area contributed by atoms with Crippen molar-refractivity contribution in [3.8, 4) is 5.75 Å². The van der Waals surface area contributed by atoms with E-state index in [4.69, 9.17) is 4.74 Å². The number of carbonyl (C=O) groups excluding carboxylic acids is 2. The van der Waals surface area contributed by atoms with Gasteiger partial charge in [-0.25, -0.2) is 8.42 Å². The average Bonchev–Trinajstić information content (AvgIpc) is 3.03. The number of benzene rings is 3. The molecule has 0 unspecified atom stereocenters. The molecule has 1 aliphatic carbocycles. The maximum Gasteiger partial charge on any atom is 0.264 e. The molecule has 0 spiro atoms. The summed E-state index contributed by atoms with van der Waals surface area (Å²) in [5, 5.41) is 3.13. The van der Waals surface area contributed by atoms with Crippen LogP contribution < -0.4 is 14.4 Å². The zero-order valence-electron chi connectivity index (χ0n) is 24.7. The van der Waals surface area contributed by atoms with Crippen LogP contribution >= 0.6 is 0 Å². The monoisotopic (exact) mass is 591 g/mol. The Bertz CT molecular complexity index is 1460. The number of amides is 2. The number of hydrogen-bond donors (Lipinski definition) is 1. The van der Waals surface area contributed by atoms with Crippen LogP contribution in [0.2, 0.25) is 0 Å². The maximum absolute atomic E-state index is 14.2. The van der Waals surface area contributed by atoms with Crippen molar-refractivity contribution in [2.24, 2.45) is 0 Å². The zero-order chi connectivity index (χ0) is 30.1. The van der Waals surface area contributed by atoms with Gasteiger partial charge in [0, 0.05) is 12.6 Å². The molecule has 0 aliphatic heterocycles. The van der Waals surface area contributed by atoms with Gasteiger partial charge in [0.2, 0.25) is 11.8 Å². The van der Waals surface area contributed by atoms with Gasteiger partial charge in [-0.2, -0.15) is 0 Å². The molecule has 1 atom stereocenters. The van der Waals surface area contributed by atoms with E-state index in [-0.39, 0.29) is 23.4 Å². The van der Waals surface area contributed by atoms with Gasteiger partial charge in [0.1, 0.15) is 18.3 Å². The third-order valence-corrected chi connectivity index (χ3v) is 9.63. The first-order valence-corrected chi connectivity index (χ1v) is 16.1. The first kappa shape index (κ1) is 31.1. The van der Waals surface area contributed by atoms with Crippen LogP contribution in [0.3, 0.4) is 0 Å². The lowest BCUT2D eigenvalue weighted by molar-refractivity contribution is -0.139. The highest BCUT2D eigenvalue weighted by Gasteiger charge is 2.33. The standard InChI is InChI=1S/C33H41N3O5S/c1-4-27-15-11-12-21-31(27)36(42(39,40)30-19-9-6-10-20-30)24-32(37)35(23-26-14-13-18-29(22-26)41-3)25(2)33(38)34-28-16-7-5-8-17-28/h6,9-15,18-22,25,28H,4-5,7-8,16-17,23-24H2,1-3H3,(H,34,38)/t25-/m1/s1. The molecule has 0 aromatic heterocycles. The molecule has 0 radical (unpaired) electrons. The summed E-state index contributed by atoms with van der Waals surface area (Å²) < 4.78 is 34.6. The number of aryl methyl sites for hydroxylation is 1. The Morgan fingerprint density at radius 1 is 0.952 bits per heavy atom. The first-order chi connectivity index (χ1) is 20.2. The van der Waals surface area contributed by atoms with Crippen LogP contribution in [0, 0.1) is 0 Å². The Morgan fingerprint density at radius 3 is 2.33 bits per heavy atom. The molecule has 0 bridgehead atoms. The average molecular weight is 592 g/mol. The predicted molar refractivity (Wildman–Crippen MR) is 165 cm³/mol. The predicted octanol–water partition coefficient (Wildman–Crippen LogP) is 5.32. The molecular formula is C33H41N3O5S. The largest absolute Gasteiger partial charge is 0.497 e. The fourth-order valence-corrected chi connectivity index (χ4v) is 6.88. The molecule has 1 fully saturated rings. The summed E-state index contributed by atoms with van der Waals surface area (Å²) in [6.45, 7) is 3.30. The molecule has 1 N–H and O–H groups in total. The number of anilines is 1. The van der Waals surface area contributed by atoms with Crippen molar-refractivity contribution in [1.29, 1.82) is 0 Å². The highest BCUT2D eigenvalue weighted by Crippen LogP contribution is 2.28. The number of sulfonamides is 1. The third kappa shape index (κ3) is 7.50. The van der Waals surface area contributed by atoms with Crippen LogP contribution in [0.1, 0.15) is 57.1 Å². The Labute approximate surface area is 249 Å². The second-order valence-corrected chi connectivity index (χ2v) is 12.6. The van der Waals surface area contributed by atoms with E-state index in [1.54, 1.807) is 44.4 Å². The summed E-state index contributed by atoms with van der Waals surface area (Å²) in [4.78, 5) is 29.2. The van der Waals surface area contributed by atoms with Crippen molar-refractivity contribution < 1.29 is 22.7 Å². The molecule has 2 amide bonds. The number of hydrogen-bond acceptors (Lipinski definition) is 5. The summed E-state index contributed by atoms with van der Waals surface area (Å²) in [5.41, 5.74) is 2.01. The summed E-state index contributed by atoms with van der Waals surface area (Å²) >= 11 is 0. The number of carbonyl (C=O) groups is 2. The molecule has 1 saturated carbocycles. The molecule has 0 heterocycles. The number of nitrogens with one attached hydrogen (secondary N) is 1. The molecular weight excluding hydrogens is 550 g/mol. The molecule has 224 valence electrons. The normalized spacial score (nSPS) is 14.5. The van der Waals surface area contributed by atoms with Crippen LogP contribution in [0.5, 0.6) is 5.75 Å². The van der Waals surface area contributed by atoms with E-state index >= 15 is 0 Å². The number of para-hydroxylation sites is 1. The van der Waals surface area contributed by atoms with Crippen LogP contribution in [-0.4, -0.2) is 50.9 Å². The van der Waals surface area contributed by atoms with Crippen LogP contribution in [0.15, 0.2) is 83.8 Å². The van der Waals surface area contributed by atoms with Crippen LogP contribution in [-0.2, 0) is 32.6 Å². The number of rotatable bonds is 12. The van der Waals surface area contributed by atoms with Crippen molar-refractivity contribution >= 4 is 27.5 Å². The van der Waals surface area contributed by atoms with Gasteiger partial charge in [-0.1, -0.05) is 74.7 Å². The summed E-state index contributed by atoms with van der Waals surface area (Å²) in [6, 6.07) is 21.9. The molecule has 3 aromatic rings. The zero-order valence-corrected chi connectivity index (χ0v) is 25.5. The van der Waals surface area contributed by atoms with Crippen LogP contribution in [0.25, 0.3) is 0 Å². The van der Waals surface area contributed by atoms with Gasteiger partial charge in [-0.05, 0) is 67.6 Å². The van der Waals surface area contributed by atoms with E-state index in [9.17, 15) is 18.0 Å². The second kappa shape index (κ2) is 14.4. The number of ether oxygens (including phenoxy) is 1. The van der Waals surface area contributed by atoms with Gasteiger partial charge >= 0.3 is 0 Å². The fourth-order valence-electron chi connectivity index (χ4n) is 5.40. The molecule has 9 heteroatoms. The Morgan fingerprint density at radius 2 is 1.64 bits per heavy atom.